The van der Waals surface area contributed by atoms with Gasteiger partial charge in [-0.05, 0) is 43.4 Å². The number of piperidine rings is 1. The normalized spacial score (nSPS) is 16.5. The maximum absolute atomic E-state index is 13.2. The predicted octanol–water partition coefficient (Wildman–Crippen LogP) is 2.59. The summed E-state index contributed by atoms with van der Waals surface area (Å²) in [7, 11) is 0. The Morgan fingerprint density at radius 3 is 2.45 bits per heavy atom. The molecule has 0 aliphatic carbocycles. The van der Waals surface area contributed by atoms with Crippen LogP contribution in [0.15, 0.2) is 24.3 Å². The number of rotatable bonds is 4. The standard InChI is InChI=1S/C17H23FN2O2/c1-12(2)15(17(22)20-9-4-3-5-10-20)19-16(21)13-7-6-8-14(18)11-13/h6-8,11-12,15H,3-5,9-10H2,1-2H3,(H,19,21)/t15-/m0/s1. The minimum absolute atomic E-state index is 0.0214. The lowest BCUT2D eigenvalue weighted by molar-refractivity contribution is -0.135. The van der Waals surface area contributed by atoms with E-state index in [2.05, 4.69) is 5.32 Å². The summed E-state index contributed by atoms with van der Waals surface area (Å²) in [5, 5.41) is 2.76. The molecular formula is C17H23FN2O2. The Bertz CT molecular complexity index is 539. The van der Waals surface area contributed by atoms with Crippen LogP contribution in [0.3, 0.4) is 0 Å². The molecule has 2 rings (SSSR count). The van der Waals surface area contributed by atoms with Gasteiger partial charge >= 0.3 is 0 Å². The van der Waals surface area contributed by atoms with Crippen LogP contribution in [-0.2, 0) is 4.79 Å². The van der Waals surface area contributed by atoms with Gasteiger partial charge in [0.05, 0.1) is 0 Å². The number of amides is 2. The molecule has 5 heteroatoms. The average Bonchev–Trinajstić information content (AvgIpc) is 2.52. The highest BCUT2D eigenvalue weighted by molar-refractivity contribution is 5.97. The van der Waals surface area contributed by atoms with Crippen molar-refractivity contribution in [1.82, 2.24) is 10.2 Å². The fourth-order valence-electron chi connectivity index (χ4n) is 2.68. The first-order chi connectivity index (χ1) is 10.5. The third-order valence-corrected chi connectivity index (χ3v) is 3.97. The quantitative estimate of drug-likeness (QED) is 0.929. The van der Waals surface area contributed by atoms with Gasteiger partial charge in [-0.3, -0.25) is 9.59 Å². The molecular weight excluding hydrogens is 283 g/mol. The Kier molecular flexibility index (Phi) is 5.52. The summed E-state index contributed by atoms with van der Waals surface area (Å²) in [5.74, 6) is -0.939. The summed E-state index contributed by atoms with van der Waals surface area (Å²) in [6, 6.07) is 4.92. The van der Waals surface area contributed by atoms with Crippen molar-refractivity contribution in [2.24, 2.45) is 5.92 Å². The van der Waals surface area contributed by atoms with Gasteiger partial charge in [0.2, 0.25) is 5.91 Å². The van der Waals surface area contributed by atoms with Crippen LogP contribution in [-0.4, -0.2) is 35.8 Å². The number of carbonyl (C=O) groups is 2. The van der Waals surface area contributed by atoms with Gasteiger partial charge in [-0.1, -0.05) is 19.9 Å². The highest BCUT2D eigenvalue weighted by Crippen LogP contribution is 2.14. The topological polar surface area (TPSA) is 49.4 Å². The lowest BCUT2D eigenvalue weighted by atomic mass is 10.0. The van der Waals surface area contributed by atoms with Gasteiger partial charge in [0.1, 0.15) is 11.9 Å². The first-order valence-corrected chi connectivity index (χ1v) is 7.84. The monoisotopic (exact) mass is 306 g/mol. The third-order valence-electron chi connectivity index (χ3n) is 3.97. The van der Waals surface area contributed by atoms with Crippen molar-refractivity contribution in [2.45, 2.75) is 39.2 Å². The van der Waals surface area contributed by atoms with Crippen molar-refractivity contribution in [3.63, 3.8) is 0 Å². The van der Waals surface area contributed by atoms with Gasteiger partial charge in [-0.25, -0.2) is 4.39 Å². The Hall–Kier alpha value is -1.91. The van der Waals surface area contributed by atoms with E-state index in [1.165, 1.54) is 18.2 Å². The van der Waals surface area contributed by atoms with Gasteiger partial charge in [0.15, 0.2) is 0 Å². The maximum Gasteiger partial charge on any atom is 0.252 e. The molecule has 0 bridgehead atoms. The van der Waals surface area contributed by atoms with Gasteiger partial charge in [-0.2, -0.15) is 0 Å². The van der Waals surface area contributed by atoms with Crippen LogP contribution in [0, 0.1) is 11.7 Å². The fourth-order valence-corrected chi connectivity index (χ4v) is 2.68. The molecule has 0 unspecified atom stereocenters. The summed E-state index contributed by atoms with van der Waals surface area (Å²) in [6.07, 6.45) is 3.16. The molecule has 1 aromatic carbocycles. The zero-order chi connectivity index (χ0) is 16.1. The van der Waals surface area contributed by atoms with E-state index in [1.807, 2.05) is 18.7 Å². The van der Waals surface area contributed by atoms with Gasteiger partial charge < -0.3 is 10.2 Å². The molecule has 22 heavy (non-hydrogen) atoms. The molecule has 1 aromatic rings. The second-order valence-corrected chi connectivity index (χ2v) is 6.09. The third kappa shape index (κ3) is 4.06. The van der Waals surface area contributed by atoms with Crippen LogP contribution in [0.25, 0.3) is 0 Å². The average molecular weight is 306 g/mol. The number of halogens is 1. The minimum Gasteiger partial charge on any atom is -0.341 e. The molecule has 0 spiro atoms. The fraction of sp³-hybridized carbons (Fsp3) is 0.529. The minimum atomic E-state index is -0.575. The number of carbonyl (C=O) groups excluding carboxylic acids is 2. The van der Waals surface area contributed by atoms with Crippen molar-refractivity contribution < 1.29 is 14.0 Å². The van der Waals surface area contributed by atoms with E-state index in [1.54, 1.807) is 6.07 Å². The molecule has 0 radical (unpaired) electrons. The Morgan fingerprint density at radius 2 is 1.86 bits per heavy atom. The number of benzene rings is 1. The molecule has 1 N–H and O–H groups in total. The van der Waals surface area contributed by atoms with Crippen molar-refractivity contribution in [3.05, 3.63) is 35.6 Å². The first kappa shape index (κ1) is 16.5. The lowest BCUT2D eigenvalue weighted by Gasteiger charge is -2.32. The van der Waals surface area contributed by atoms with E-state index in [0.29, 0.717) is 0 Å². The number of likely N-dealkylation sites (tertiary alicyclic amines) is 1. The summed E-state index contributed by atoms with van der Waals surface area (Å²) in [5.41, 5.74) is 0.233. The summed E-state index contributed by atoms with van der Waals surface area (Å²) >= 11 is 0. The van der Waals surface area contributed by atoms with Crippen LogP contribution in [0.2, 0.25) is 0 Å². The molecule has 0 saturated carbocycles. The van der Waals surface area contributed by atoms with E-state index >= 15 is 0 Å². The molecule has 1 aliphatic rings. The largest absolute Gasteiger partial charge is 0.341 e. The second-order valence-electron chi connectivity index (χ2n) is 6.09. The molecule has 2 amide bonds. The summed E-state index contributed by atoms with van der Waals surface area (Å²) in [4.78, 5) is 26.7. The van der Waals surface area contributed by atoms with Crippen LogP contribution in [0.4, 0.5) is 4.39 Å². The molecule has 1 atom stereocenters. The van der Waals surface area contributed by atoms with E-state index in [4.69, 9.17) is 0 Å². The van der Waals surface area contributed by atoms with Crippen molar-refractivity contribution in [1.29, 1.82) is 0 Å². The lowest BCUT2D eigenvalue weighted by Crippen LogP contribution is -2.52. The zero-order valence-corrected chi connectivity index (χ0v) is 13.1. The zero-order valence-electron chi connectivity index (χ0n) is 13.1. The molecule has 1 fully saturated rings. The van der Waals surface area contributed by atoms with Crippen molar-refractivity contribution in [2.75, 3.05) is 13.1 Å². The molecule has 4 nitrogen and oxygen atoms in total. The molecule has 1 heterocycles. The number of nitrogens with one attached hydrogen (secondary N) is 1. The second kappa shape index (κ2) is 7.38. The predicted molar refractivity (Wildman–Crippen MR) is 82.9 cm³/mol. The van der Waals surface area contributed by atoms with E-state index in [-0.39, 0.29) is 17.4 Å². The van der Waals surface area contributed by atoms with Crippen LogP contribution in [0.5, 0.6) is 0 Å². The molecule has 1 saturated heterocycles. The van der Waals surface area contributed by atoms with Crippen molar-refractivity contribution in [3.8, 4) is 0 Å². The van der Waals surface area contributed by atoms with E-state index in [9.17, 15) is 14.0 Å². The van der Waals surface area contributed by atoms with Gasteiger partial charge in [-0.15, -0.1) is 0 Å². The Morgan fingerprint density at radius 1 is 1.18 bits per heavy atom. The molecule has 1 aliphatic heterocycles. The summed E-state index contributed by atoms with van der Waals surface area (Å²) < 4.78 is 13.2. The maximum atomic E-state index is 13.2. The molecule has 0 aromatic heterocycles. The number of hydrogen-bond acceptors (Lipinski definition) is 2. The van der Waals surface area contributed by atoms with Crippen LogP contribution < -0.4 is 5.32 Å². The highest BCUT2D eigenvalue weighted by atomic mass is 19.1. The van der Waals surface area contributed by atoms with Crippen LogP contribution in [0.1, 0.15) is 43.5 Å². The Balaban J connectivity index is 2.08. The van der Waals surface area contributed by atoms with E-state index < -0.39 is 17.8 Å². The number of hydrogen-bond donors (Lipinski definition) is 1. The van der Waals surface area contributed by atoms with Crippen molar-refractivity contribution >= 4 is 11.8 Å². The smallest absolute Gasteiger partial charge is 0.252 e. The SMILES string of the molecule is CC(C)[C@H](NC(=O)c1cccc(F)c1)C(=O)N1CCCCC1. The highest BCUT2D eigenvalue weighted by Gasteiger charge is 2.29. The molecule has 120 valence electrons. The number of nitrogens with zero attached hydrogens (tertiary/aromatic N) is 1. The van der Waals surface area contributed by atoms with Gasteiger partial charge in [0.25, 0.3) is 5.91 Å². The summed E-state index contributed by atoms with van der Waals surface area (Å²) in [6.45, 7) is 5.30. The Labute approximate surface area is 130 Å². The van der Waals surface area contributed by atoms with E-state index in [0.717, 1.165) is 32.4 Å². The van der Waals surface area contributed by atoms with Crippen LogP contribution >= 0.6 is 0 Å². The first-order valence-electron chi connectivity index (χ1n) is 7.84. The van der Waals surface area contributed by atoms with Gasteiger partial charge in [0, 0.05) is 18.7 Å².